The lowest BCUT2D eigenvalue weighted by molar-refractivity contribution is -0.116. The van der Waals surface area contributed by atoms with Gasteiger partial charge in [0.25, 0.3) is 0 Å². The Morgan fingerprint density at radius 3 is 2.52 bits per heavy atom. The molecule has 5 heteroatoms. The van der Waals surface area contributed by atoms with Crippen LogP contribution in [0.3, 0.4) is 0 Å². The summed E-state index contributed by atoms with van der Waals surface area (Å²) in [4.78, 5) is 11.9. The van der Waals surface area contributed by atoms with Crippen molar-refractivity contribution in [1.82, 2.24) is 0 Å². The molecule has 1 aliphatic heterocycles. The van der Waals surface area contributed by atoms with E-state index in [1.807, 2.05) is 0 Å². The van der Waals surface area contributed by atoms with Crippen LogP contribution >= 0.6 is 11.6 Å². The zero-order chi connectivity index (χ0) is 15.1. The van der Waals surface area contributed by atoms with E-state index in [-0.39, 0.29) is 5.91 Å². The first kappa shape index (κ1) is 16.0. The highest BCUT2D eigenvalue weighted by Gasteiger charge is 2.16. The molecular weight excluding hydrogens is 290 g/mol. The number of nitrogens with one attached hydrogen (secondary N) is 1. The monoisotopic (exact) mass is 311 g/mol. The number of fused-ring (bicyclic) bond motifs is 1. The van der Waals surface area contributed by atoms with Gasteiger partial charge in [0, 0.05) is 18.6 Å². The number of halogens is 1. The van der Waals surface area contributed by atoms with Crippen LogP contribution in [-0.2, 0) is 4.79 Å². The number of unbranched alkanes of at least 4 members (excludes halogenated alkanes) is 4. The van der Waals surface area contributed by atoms with Crippen molar-refractivity contribution in [3.05, 3.63) is 17.2 Å². The van der Waals surface area contributed by atoms with E-state index in [4.69, 9.17) is 21.1 Å². The predicted octanol–water partition coefficient (Wildman–Crippen LogP) is 4.41. The van der Waals surface area contributed by atoms with E-state index in [1.165, 1.54) is 19.3 Å². The molecule has 1 aliphatic rings. The molecule has 21 heavy (non-hydrogen) atoms. The summed E-state index contributed by atoms with van der Waals surface area (Å²) in [6.07, 6.45) is 6.15. The Balaban J connectivity index is 1.86. The highest BCUT2D eigenvalue weighted by atomic mass is 35.5. The molecule has 1 aromatic rings. The maximum absolute atomic E-state index is 11.9. The SMILES string of the molecule is CCCCCCCC(=O)Nc1cc2c(cc1Cl)OCCO2. The Morgan fingerprint density at radius 2 is 1.81 bits per heavy atom. The van der Waals surface area contributed by atoms with Crippen LogP contribution < -0.4 is 14.8 Å². The second-order valence-corrected chi connectivity index (χ2v) is 5.60. The van der Waals surface area contributed by atoms with Crippen LogP contribution in [0.1, 0.15) is 45.4 Å². The number of carbonyl (C=O) groups excluding carboxylic acids is 1. The van der Waals surface area contributed by atoms with Gasteiger partial charge in [-0.15, -0.1) is 0 Å². The van der Waals surface area contributed by atoms with Crippen LogP contribution in [0.25, 0.3) is 0 Å². The Labute approximate surface area is 130 Å². The van der Waals surface area contributed by atoms with Gasteiger partial charge in [-0.3, -0.25) is 4.79 Å². The van der Waals surface area contributed by atoms with Gasteiger partial charge in [0.15, 0.2) is 11.5 Å². The minimum atomic E-state index is -0.00919. The Hall–Kier alpha value is -1.42. The van der Waals surface area contributed by atoms with Crippen molar-refractivity contribution >= 4 is 23.2 Å². The lowest BCUT2D eigenvalue weighted by atomic mass is 10.1. The van der Waals surface area contributed by atoms with E-state index in [1.54, 1.807) is 12.1 Å². The Kier molecular flexibility index (Phi) is 6.18. The number of hydrogen-bond acceptors (Lipinski definition) is 3. The van der Waals surface area contributed by atoms with Crippen LogP contribution in [-0.4, -0.2) is 19.1 Å². The third-order valence-electron chi connectivity index (χ3n) is 3.41. The Morgan fingerprint density at radius 1 is 1.14 bits per heavy atom. The molecule has 0 aromatic heterocycles. The molecule has 0 atom stereocenters. The summed E-state index contributed by atoms with van der Waals surface area (Å²) >= 11 is 6.16. The van der Waals surface area contributed by atoms with Gasteiger partial charge in [-0.2, -0.15) is 0 Å². The van der Waals surface area contributed by atoms with Crippen molar-refractivity contribution in [1.29, 1.82) is 0 Å². The molecule has 0 unspecified atom stereocenters. The third kappa shape index (κ3) is 4.81. The molecule has 1 amide bonds. The summed E-state index contributed by atoms with van der Waals surface area (Å²) in [6.45, 7) is 3.21. The average molecular weight is 312 g/mol. The summed E-state index contributed by atoms with van der Waals surface area (Å²) in [6, 6.07) is 3.42. The minimum Gasteiger partial charge on any atom is -0.486 e. The van der Waals surface area contributed by atoms with E-state index >= 15 is 0 Å². The van der Waals surface area contributed by atoms with Crippen LogP contribution in [0.5, 0.6) is 11.5 Å². The smallest absolute Gasteiger partial charge is 0.224 e. The Bertz CT molecular complexity index is 491. The summed E-state index contributed by atoms with van der Waals surface area (Å²) in [7, 11) is 0. The van der Waals surface area contributed by atoms with Crippen molar-refractivity contribution in [2.45, 2.75) is 45.4 Å². The lowest BCUT2D eigenvalue weighted by Gasteiger charge is -2.20. The van der Waals surface area contributed by atoms with Crippen molar-refractivity contribution in [2.24, 2.45) is 0 Å². The molecule has 0 bridgehead atoms. The molecule has 0 aliphatic carbocycles. The standard InChI is InChI=1S/C16H22ClNO3/c1-2-3-4-5-6-7-16(19)18-13-11-15-14(10-12(13)17)20-8-9-21-15/h10-11H,2-9H2,1H3,(H,18,19). The molecule has 0 saturated heterocycles. The van der Waals surface area contributed by atoms with Crippen LogP contribution in [0.15, 0.2) is 12.1 Å². The highest BCUT2D eigenvalue weighted by Crippen LogP contribution is 2.37. The second-order valence-electron chi connectivity index (χ2n) is 5.19. The summed E-state index contributed by atoms with van der Waals surface area (Å²) < 4.78 is 10.9. The van der Waals surface area contributed by atoms with Crippen molar-refractivity contribution < 1.29 is 14.3 Å². The number of hydrogen-bond donors (Lipinski definition) is 1. The first-order chi connectivity index (χ1) is 10.2. The van der Waals surface area contributed by atoms with Gasteiger partial charge in [-0.1, -0.05) is 44.2 Å². The van der Waals surface area contributed by atoms with E-state index in [0.717, 1.165) is 12.8 Å². The van der Waals surface area contributed by atoms with E-state index < -0.39 is 0 Å². The zero-order valence-corrected chi connectivity index (χ0v) is 13.2. The molecule has 2 rings (SSSR count). The molecule has 1 N–H and O–H groups in total. The summed E-state index contributed by atoms with van der Waals surface area (Å²) in [5.74, 6) is 1.25. The van der Waals surface area contributed by atoms with E-state index in [2.05, 4.69) is 12.2 Å². The fourth-order valence-corrected chi connectivity index (χ4v) is 2.46. The fraction of sp³-hybridized carbons (Fsp3) is 0.562. The van der Waals surface area contributed by atoms with Crippen molar-refractivity contribution in [2.75, 3.05) is 18.5 Å². The number of benzene rings is 1. The van der Waals surface area contributed by atoms with Crippen molar-refractivity contribution in [3.8, 4) is 11.5 Å². The first-order valence-corrected chi connectivity index (χ1v) is 7.97. The quantitative estimate of drug-likeness (QED) is 0.759. The van der Waals surface area contributed by atoms with E-state index in [0.29, 0.717) is 41.8 Å². The molecule has 0 fully saturated rings. The lowest BCUT2D eigenvalue weighted by Crippen LogP contribution is -2.16. The van der Waals surface area contributed by atoms with Gasteiger partial charge in [-0.25, -0.2) is 0 Å². The second kappa shape index (κ2) is 8.13. The van der Waals surface area contributed by atoms with Gasteiger partial charge >= 0.3 is 0 Å². The number of amides is 1. The van der Waals surface area contributed by atoms with Crippen LogP contribution in [0.4, 0.5) is 5.69 Å². The van der Waals surface area contributed by atoms with Gasteiger partial charge in [-0.05, 0) is 6.42 Å². The maximum Gasteiger partial charge on any atom is 0.224 e. The number of anilines is 1. The normalized spacial score (nSPS) is 13.0. The van der Waals surface area contributed by atoms with Gasteiger partial charge in [0.05, 0.1) is 10.7 Å². The molecular formula is C16H22ClNO3. The topological polar surface area (TPSA) is 47.6 Å². The molecule has 116 valence electrons. The molecule has 1 aromatic carbocycles. The maximum atomic E-state index is 11.9. The molecule has 0 radical (unpaired) electrons. The number of carbonyl (C=O) groups is 1. The molecule has 0 saturated carbocycles. The zero-order valence-electron chi connectivity index (χ0n) is 12.4. The largest absolute Gasteiger partial charge is 0.486 e. The molecule has 4 nitrogen and oxygen atoms in total. The van der Waals surface area contributed by atoms with Gasteiger partial charge in [0.2, 0.25) is 5.91 Å². The molecule has 1 heterocycles. The minimum absolute atomic E-state index is 0.00919. The number of rotatable bonds is 7. The average Bonchev–Trinajstić information content (AvgIpc) is 2.48. The summed E-state index contributed by atoms with van der Waals surface area (Å²) in [5, 5.41) is 3.32. The third-order valence-corrected chi connectivity index (χ3v) is 3.73. The van der Waals surface area contributed by atoms with Crippen molar-refractivity contribution in [3.63, 3.8) is 0 Å². The predicted molar refractivity (Wildman–Crippen MR) is 84.4 cm³/mol. The highest BCUT2D eigenvalue weighted by molar-refractivity contribution is 6.34. The van der Waals surface area contributed by atoms with Crippen LogP contribution in [0.2, 0.25) is 5.02 Å². The summed E-state index contributed by atoms with van der Waals surface area (Å²) in [5.41, 5.74) is 0.583. The van der Waals surface area contributed by atoms with E-state index in [9.17, 15) is 4.79 Å². The van der Waals surface area contributed by atoms with Gasteiger partial charge < -0.3 is 14.8 Å². The fourth-order valence-electron chi connectivity index (χ4n) is 2.26. The number of ether oxygens (including phenoxy) is 2. The first-order valence-electron chi connectivity index (χ1n) is 7.59. The van der Waals surface area contributed by atoms with Crippen LogP contribution in [0, 0.1) is 0 Å². The van der Waals surface area contributed by atoms with Gasteiger partial charge in [0.1, 0.15) is 13.2 Å². The molecule has 0 spiro atoms.